The van der Waals surface area contributed by atoms with E-state index >= 15 is 0 Å². The Kier molecular flexibility index (Phi) is 4.15. The molecule has 0 radical (unpaired) electrons. The lowest BCUT2D eigenvalue weighted by Gasteiger charge is -2.15. The first kappa shape index (κ1) is 12.8. The molecule has 0 bridgehead atoms. The van der Waals surface area contributed by atoms with Crippen molar-refractivity contribution in [2.24, 2.45) is 5.92 Å². The fourth-order valence-corrected chi connectivity index (χ4v) is 2.29. The highest BCUT2D eigenvalue weighted by Gasteiger charge is 2.27. The number of amides is 1. The van der Waals surface area contributed by atoms with Gasteiger partial charge in [0, 0.05) is 32.4 Å². The van der Waals surface area contributed by atoms with Gasteiger partial charge in [0.15, 0.2) is 0 Å². The summed E-state index contributed by atoms with van der Waals surface area (Å²) < 4.78 is 5.17. The maximum atomic E-state index is 11.5. The van der Waals surface area contributed by atoms with Crippen LogP contribution in [0.25, 0.3) is 0 Å². The van der Waals surface area contributed by atoms with Gasteiger partial charge in [0.2, 0.25) is 5.91 Å². The quantitative estimate of drug-likeness (QED) is 0.851. The molecule has 1 aliphatic rings. The Hall–Kier alpha value is -1.62. The maximum absolute atomic E-state index is 11.5. The van der Waals surface area contributed by atoms with Gasteiger partial charge in [-0.3, -0.25) is 14.7 Å². The number of carbonyl (C=O) groups excluding carboxylic acids is 1. The average molecular weight is 249 g/mol. The van der Waals surface area contributed by atoms with E-state index in [-0.39, 0.29) is 11.8 Å². The van der Waals surface area contributed by atoms with Crippen molar-refractivity contribution in [1.82, 2.24) is 15.2 Å². The normalized spacial score (nSPS) is 19.8. The van der Waals surface area contributed by atoms with Crippen molar-refractivity contribution in [3.05, 3.63) is 24.0 Å². The smallest absolute Gasteiger partial charge is 0.224 e. The van der Waals surface area contributed by atoms with Gasteiger partial charge in [0.1, 0.15) is 5.75 Å². The van der Waals surface area contributed by atoms with Gasteiger partial charge in [-0.2, -0.15) is 0 Å². The SMILES string of the molecule is CNC(=O)C1CCN(Cc2cc(OC)ccn2)C1. The zero-order valence-electron chi connectivity index (χ0n) is 10.8. The van der Waals surface area contributed by atoms with Gasteiger partial charge in [-0.1, -0.05) is 0 Å². The second-order valence-electron chi connectivity index (χ2n) is 4.52. The number of methoxy groups -OCH3 is 1. The van der Waals surface area contributed by atoms with Crippen LogP contribution in [0.3, 0.4) is 0 Å². The number of pyridine rings is 1. The summed E-state index contributed by atoms with van der Waals surface area (Å²) in [6, 6.07) is 3.77. The second kappa shape index (κ2) is 5.82. The van der Waals surface area contributed by atoms with Gasteiger partial charge in [-0.15, -0.1) is 0 Å². The maximum Gasteiger partial charge on any atom is 0.224 e. The minimum Gasteiger partial charge on any atom is -0.497 e. The Morgan fingerprint density at radius 2 is 2.50 bits per heavy atom. The Balaban J connectivity index is 1.92. The first-order valence-corrected chi connectivity index (χ1v) is 6.16. The van der Waals surface area contributed by atoms with Crippen molar-refractivity contribution >= 4 is 5.91 Å². The van der Waals surface area contributed by atoms with Crippen LogP contribution in [-0.2, 0) is 11.3 Å². The number of nitrogens with one attached hydrogen (secondary N) is 1. The van der Waals surface area contributed by atoms with Crippen molar-refractivity contribution in [2.75, 3.05) is 27.2 Å². The molecular weight excluding hydrogens is 230 g/mol. The molecule has 1 unspecified atom stereocenters. The van der Waals surface area contributed by atoms with Crippen LogP contribution < -0.4 is 10.1 Å². The summed E-state index contributed by atoms with van der Waals surface area (Å²) in [5.74, 6) is 1.07. The molecule has 1 fully saturated rings. The van der Waals surface area contributed by atoms with Crippen LogP contribution >= 0.6 is 0 Å². The zero-order chi connectivity index (χ0) is 13.0. The van der Waals surface area contributed by atoms with Crippen LogP contribution in [-0.4, -0.2) is 43.0 Å². The molecule has 1 aromatic rings. The number of ether oxygens (including phenoxy) is 1. The predicted octanol–water partition coefficient (Wildman–Crippen LogP) is 0.658. The van der Waals surface area contributed by atoms with Gasteiger partial charge >= 0.3 is 0 Å². The van der Waals surface area contributed by atoms with Crippen LogP contribution in [0.2, 0.25) is 0 Å². The van der Waals surface area contributed by atoms with Gasteiger partial charge < -0.3 is 10.1 Å². The van der Waals surface area contributed by atoms with Crippen LogP contribution in [0, 0.1) is 5.92 Å². The lowest BCUT2D eigenvalue weighted by Crippen LogP contribution is -2.30. The summed E-state index contributed by atoms with van der Waals surface area (Å²) in [7, 11) is 3.34. The standard InChI is InChI=1S/C13H19N3O2/c1-14-13(17)10-4-6-16(8-10)9-11-7-12(18-2)3-5-15-11/h3,5,7,10H,4,6,8-9H2,1-2H3,(H,14,17). The highest BCUT2D eigenvalue weighted by atomic mass is 16.5. The van der Waals surface area contributed by atoms with Crippen molar-refractivity contribution in [3.8, 4) is 5.75 Å². The Bertz CT molecular complexity index is 422. The molecule has 1 aliphatic heterocycles. The molecule has 2 rings (SSSR count). The van der Waals surface area contributed by atoms with Crippen molar-refractivity contribution in [2.45, 2.75) is 13.0 Å². The predicted molar refractivity (Wildman–Crippen MR) is 68.2 cm³/mol. The summed E-state index contributed by atoms with van der Waals surface area (Å²) >= 11 is 0. The molecule has 1 atom stereocenters. The number of likely N-dealkylation sites (tertiary alicyclic amines) is 1. The number of nitrogens with zero attached hydrogens (tertiary/aromatic N) is 2. The summed E-state index contributed by atoms with van der Waals surface area (Å²) in [6.07, 6.45) is 2.67. The molecule has 1 N–H and O–H groups in total. The molecular formula is C13H19N3O2. The highest BCUT2D eigenvalue weighted by Crippen LogP contribution is 2.19. The van der Waals surface area contributed by atoms with E-state index in [1.165, 1.54) is 0 Å². The lowest BCUT2D eigenvalue weighted by molar-refractivity contribution is -0.124. The average Bonchev–Trinajstić information content (AvgIpc) is 2.86. The topological polar surface area (TPSA) is 54.5 Å². The number of rotatable bonds is 4. The Labute approximate surface area is 107 Å². The molecule has 1 saturated heterocycles. The van der Waals surface area contributed by atoms with Gasteiger partial charge in [0.05, 0.1) is 18.7 Å². The molecule has 2 heterocycles. The first-order valence-electron chi connectivity index (χ1n) is 6.16. The van der Waals surface area contributed by atoms with E-state index < -0.39 is 0 Å². The Morgan fingerprint density at radius 1 is 1.67 bits per heavy atom. The number of aromatic nitrogens is 1. The largest absolute Gasteiger partial charge is 0.497 e. The third-order valence-electron chi connectivity index (χ3n) is 3.30. The van der Waals surface area contributed by atoms with E-state index in [4.69, 9.17) is 4.74 Å². The van der Waals surface area contributed by atoms with Gasteiger partial charge in [-0.25, -0.2) is 0 Å². The van der Waals surface area contributed by atoms with Gasteiger partial charge in [-0.05, 0) is 19.0 Å². The first-order chi connectivity index (χ1) is 8.72. The molecule has 5 heteroatoms. The third-order valence-corrected chi connectivity index (χ3v) is 3.30. The molecule has 5 nitrogen and oxygen atoms in total. The van der Waals surface area contributed by atoms with E-state index in [1.807, 2.05) is 12.1 Å². The molecule has 0 aliphatic carbocycles. The molecule has 0 saturated carbocycles. The Morgan fingerprint density at radius 3 is 3.22 bits per heavy atom. The van der Waals surface area contributed by atoms with Crippen molar-refractivity contribution < 1.29 is 9.53 Å². The molecule has 18 heavy (non-hydrogen) atoms. The van der Waals surface area contributed by atoms with Crippen LogP contribution in [0.5, 0.6) is 5.75 Å². The van der Waals surface area contributed by atoms with Gasteiger partial charge in [0.25, 0.3) is 0 Å². The summed E-state index contributed by atoms with van der Waals surface area (Å²) in [5, 5.41) is 2.71. The van der Waals surface area contributed by atoms with Crippen molar-refractivity contribution in [1.29, 1.82) is 0 Å². The number of hydrogen-bond donors (Lipinski definition) is 1. The fraction of sp³-hybridized carbons (Fsp3) is 0.538. The van der Waals surface area contributed by atoms with E-state index in [2.05, 4.69) is 15.2 Å². The molecule has 1 aromatic heterocycles. The van der Waals surface area contributed by atoms with E-state index in [0.29, 0.717) is 0 Å². The number of hydrogen-bond acceptors (Lipinski definition) is 4. The molecule has 98 valence electrons. The van der Waals surface area contributed by atoms with Crippen LogP contribution in [0.4, 0.5) is 0 Å². The summed E-state index contributed by atoms with van der Waals surface area (Å²) in [6.45, 7) is 2.51. The van der Waals surface area contributed by atoms with E-state index in [0.717, 1.165) is 37.5 Å². The second-order valence-corrected chi connectivity index (χ2v) is 4.52. The summed E-state index contributed by atoms with van der Waals surface area (Å²) in [4.78, 5) is 18.1. The molecule has 1 amide bonds. The highest BCUT2D eigenvalue weighted by molar-refractivity contribution is 5.78. The fourth-order valence-electron chi connectivity index (χ4n) is 2.29. The number of carbonyl (C=O) groups is 1. The minimum atomic E-state index is 0.112. The lowest BCUT2D eigenvalue weighted by atomic mass is 10.1. The third kappa shape index (κ3) is 2.98. The zero-order valence-corrected chi connectivity index (χ0v) is 10.8. The molecule has 0 aromatic carbocycles. The van der Waals surface area contributed by atoms with E-state index in [9.17, 15) is 4.79 Å². The van der Waals surface area contributed by atoms with E-state index in [1.54, 1.807) is 20.4 Å². The summed E-state index contributed by atoms with van der Waals surface area (Å²) in [5.41, 5.74) is 0.979. The molecule has 0 spiro atoms. The minimum absolute atomic E-state index is 0.112. The van der Waals surface area contributed by atoms with Crippen LogP contribution in [0.15, 0.2) is 18.3 Å². The van der Waals surface area contributed by atoms with Crippen LogP contribution in [0.1, 0.15) is 12.1 Å². The monoisotopic (exact) mass is 249 g/mol. The van der Waals surface area contributed by atoms with Crippen molar-refractivity contribution in [3.63, 3.8) is 0 Å².